The van der Waals surface area contributed by atoms with Gasteiger partial charge in [0.2, 0.25) is 0 Å². The smallest absolute Gasteiger partial charge is 0.416 e. The third-order valence-corrected chi connectivity index (χ3v) is 3.86. The largest absolute Gasteiger partial charge is 0.490 e. The lowest BCUT2D eigenvalue weighted by molar-refractivity contribution is -0.139. The second-order valence-electron chi connectivity index (χ2n) is 5.39. The molecule has 0 bridgehead atoms. The summed E-state index contributed by atoms with van der Waals surface area (Å²) in [5, 5.41) is 12.7. The molecule has 0 aliphatic rings. The van der Waals surface area contributed by atoms with Gasteiger partial charge in [-0.1, -0.05) is 6.07 Å². The SMILES string of the molecule is CCOc1cc(/C=N/Nc2cccc(C(F)(F)F)c2)cc(Br)c1OCC(=O)O. The van der Waals surface area contributed by atoms with Crippen molar-refractivity contribution >= 4 is 33.8 Å². The fourth-order valence-electron chi connectivity index (χ4n) is 2.15. The number of nitrogens with one attached hydrogen (secondary N) is 1. The van der Waals surface area contributed by atoms with Gasteiger partial charge in [0.15, 0.2) is 18.1 Å². The highest BCUT2D eigenvalue weighted by Crippen LogP contribution is 2.36. The van der Waals surface area contributed by atoms with Crippen LogP contribution in [0.25, 0.3) is 0 Å². The molecule has 150 valence electrons. The predicted octanol–water partition coefficient (Wildman–Crippen LogP) is 4.78. The summed E-state index contributed by atoms with van der Waals surface area (Å²) in [6, 6.07) is 7.83. The van der Waals surface area contributed by atoms with Crippen LogP contribution in [0.4, 0.5) is 18.9 Å². The van der Waals surface area contributed by atoms with Crippen molar-refractivity contribution < 1.29 is 32.5 Å². The van der Waals surface area contributed by atoms with Gasteiger partial charge in [0.1, 0.15) is 0 Å². The molecule has 28 heavy (non-hydrogen) atoms. The molecule has 0 heterocycles. The standard InChI is InChI=1S/C18H16BrF3N2O4/c1-2-27-15-7-11(6-14(19)17(15)28-10-16(25)26)9-23-24-13-5-3-4-12(8-13)18(20,21)22/h3-9,24H,2,10H2,1H3,(H,25,26)/b23-9+. The van der Waals surface area contributed by atoms with Crippen LogP contribution in [0, 0.1) is 0 Å². The van der Waals surface area contributed by atoms with E-state index in [9.17, 15) is 18.0 Å². The first-order chi connectivity index (χ1) is 13.2. The summed E-state index contributed by atoms with van der Waals surface area (Å²) in [6.45, 7) is 1.53. The van der Waals surface area contributed by atoms with Crippen LogP contribution in [0.15, 0.2) is 46.0 Å². The summed E-state index contributed by atoms with van der Waals surface area (Å²) in [6.07, 6.45) is -3.06. The number of carboxylic acids is 1. The van der Waals surface area contributed by atoms with Gasteiger partial charge in [0, 0.05) is 0 Å². The number of carbonyl (C=O) groups is 1. The van der Waals surface area contributed by atoms with E-state index < -0.39 is 24.3 Å². The van der Waals surface area contributed by atoms with Gasteiger partial charge >= 0.3 is 12.1 Å². The molecule has 10 heteroatoms. The third kappa shape index (κ3) is 6.15. The van der Waals surface area contributed by atoms with E-state index in [2.05, 4.69) is 26.5 Å². The van der Waals surface area contributed by atoms with Crippen LogP contribution in [0.3, 0.4) is 0 Å². The number of rotatable bonds is 8. The molecule has 6 nitrogen and oxygen atoms in total. The first-order valence-corrected chi connectivity index (χ1v) is 8.77. The van der Waals surface area contributed by atoms with E-state index >= 15 is 0 Å². The van der Waals surface area contributed by atoms with Crippen molar-refractivity contribution in [1.82, 2.24) is 0 Å². The fourth-order valence-corrected chi connectivity index (χ4v) is 2.72. The molecule has 0 aliphatic heterocycles. The second-order valence-corrected chi connectivity index (χ2v) is 6.25. The van der Waals surface area contributed by atoms with Crippen molar-refractivity contribution in [3.63, 3.8) is 0 Å². The number of ether oxygens (including phenoxy) is 2. The van der Waals surface area contributed by atoms with E-state index in [4.69, 9.17) is 14.6 Å². The summed E-state index contributed by atoms with van der Waals surface area (Å²) >= 11 is 3.28. The predicted molar refractivity (Wildman–Crippen MR) is 101 cm³/mol. The monoisotopic (exact) mass is 460 g/mol. The quantitative estimate of drug-likeness (QED) is 0.437. The zero-order valence-electron chi connectivity index (χ0n) is 14.6. The molecule has 2 rings (SSSR count). The lowest BCUT2D eigenvalue weighted by Gasteiger charge is -2.13. The average molecular weight is 461 g/mol. The van der Waals surface area contributed by atoms with E-state index in [1.54, 1.807) is 19.1 Å². The number of hydrazone groups is 1. The minimum Gasteiger partial charge on any atom is -0.490 e. The van der Waals surface area contributed by atoms with E-state index in [1.807, 2.05) is 0 Å². The van der Waals surface area contributed by atoms with Crippen molar-refractivity contribution in [3.05, 3.63) is 52.0 Å². The Hall–Kier alpha value is -2.75. The molecule has 0 spiro atoms. The van der Waals surface area contributed by atoms with Gasteiger partial charge in [-0.05, 0) is 58.7 Å². The van der Waals surface area contributed by atoms with Crippen molar-refractivity contribution in [2.24, 2.45) is 5.10 Å². The minimum absolute atomic E-state index is 0.177. The highest BCUT2D eigenvalue weighted by atomic mass is 79.9. The van der Waals surface area contributed by atoms with E-state index in [-0.39, 0.29) is 11.4 Å². The molecule has 0 radical (unpaired) electrons. The normalized spacial score (nSPS) is 11.5. The molecule has 0 saturated heterocycles. The molecule has 0 unspecified atom stereocenters. The van der Waals surface area contributed by atoms with Crippen molar-refractivity contribution in [3.8, 4) is 11.5 Å². The van der Waals surface area contributed by atoms with Crippen LogP contribution in [0.5, 0.6) is 11.5 Å². The summed E-state index contributed by atoms with van der Waals surface area (Å²) in [5.74, 6) is -0.601. The Bertz CT molecular complexity index is 872. The third-order valence-electron chi connectivity index (χ3n) is 3.27. The molecule has 2 aromatic carbocycles. The van der Waals surface area contributed by atoms with E-state index in [0.717, 1.165) is 12.1 Å². The Balaban J connectivity index is 2.18. The Kier molecular flexibility index (Phi) is 7.27. The van der Waals surface area contributed by atoms with Gasteiger partial charge in [-0.25, -0.2) is 4.79 Å². The molecule has 0 amide bonds. The van der Waals surface area contributed by atoms with Gasteiger partial charge in [0.05, 0.1) is 28.5 Å². The Morgan fingerprint density at radius 3 is 2.68 bits per heavy atom. The Morgan fingerprint density at radius 1 is 1.29 bits per heavy atom. The van der Waals surface area contributed by atoms with Crippen LogP contribution < -0.4 is 14.9 Å². The highest BCUT2D eigenvalue weighted by Gasteiger charge is 2.30. The number of carboxylic acid groups (broad SMARTS) is 1. The topological polar surface area (TPSA) is 80.1 Å². The van der Waals surface area contributed by atoms with Crippen LogP contribution in [0.1, 0.15) is 18.1 Å². The van der Waals surface area contributed by atoms with Gasteiger partial charge < -0.3 is 14.6 Å². The van der Waals surface area contributed by atoms with Crippen molar-refractivity contribution in [2.45, 2.75) is 13.1 Å². The number of aliphatic carboxylic acids is 1. The van der Waals surface area contributed by atoms with Gasteiger partial charge in [-0.3, -0.25) is 5.43 Å². The number of hydrogen-bond donors (Lipinski definition) is 2. The number of halogens is 4. The summed E-state index contributed by atoms with van der Waals surface area (Å²) < 4.78 is 49.3. The average Bonchev–Trinajstić information content (AvgIpc) is 2.60. The molecule has 0 aliphatic carbocycles. The number of hydrogen-bond acceptors (Lipinski definition) is 5. The van der Waals surface area contributed by atoms with Crippen LogP contribution in [0.2, 0.25) is 0 Å². The maximum atomic E-state index is 12.7. The lowest BCUT2D eigenvalue weighted by Crippen LogP contribution is -2.11. The molecule has 0 atom stereocenters. The fraction of sp³-hybridized carbons (Fsp3) is 0.222. The molecule has 2 N–H and O–H groups in total. The summed E-state index contributed by atoms with van der Waals surface area (Å²) in [4.78, 5) is 10.7. The molecular formula is C18H16BrF3N2O4. The van der Waals surface area contributed by atoms with Gasteiger partial charge in [-0.2, -0.15) is 18.3 Å². The number of nitrogens with zero attached hydrogens (tertiary/aromatic N) is 1. The van der Waals surface area contributed by atoms with E-state index in [1.165, 1.54) is 18.3 Å². The first kappa shape index (κ1) is 21.5. The van der Waals surface area contributed by atoms with E-state index in [0.29, 0.717) is 22.4 Å². The highest BCUT2D eigenvalue weighted by molar-refractivity contribution is 9.10. The first-order valence-electron chi connectivity index (χ1n) is 7.98. The van der Waals surface area contributed by atoms with Crippen LogP contribution >= 0.6 is 15.9 Å². The minimum atomic E-state index is -4.44. The Labute approximate surface area is 167 Å². The van der Waals surface area contributed by atoms with Crippen LogP contribution in [-0.2, 0) is 11.0 Å². The summed E-state index contributed by atoms with van der Waals surface area (Å²) in [7, 11) is 0. The van der Waals surface area contributed by atoms with Gasteiger partial charge in [-0.15, -0.1) is 0 Å². The zero-order valence-corrected chi connectivity index (χ0v) is 16.2. The number of anilines is 1. The Morgan fingerprint density at radius 2 is 2.04 bits per heavy atom. The number of benzene rings is 2. The maximum absolute atomic E-state index is 12.7. The van der Waals surface area contributed by atoms with Gasteiger partial charge in [0.25, 0.3) is 0 Å². The summed E-state index contributed by atoms with van der Waals surface area (Å²) in [5.41, 5.74) is 2.48. The molecular weight excluding hydrogens is 445 g/mol. The zero-order chi connectivity index (χ0) is 20.7. The van der Waals surface area contributed by atoms with Crippen LogP contribution in [-0.4, -0.2) is 30.5 Å². The van der Waals surface area contributed by atoms with Crippen molar-refractivity contribution in [1.29, 1.82) is 0 Å². The second kappa shape index (κ2) is 9.45. The lowest BCUT2D eigenvalue weighted by atomic mass is 10.2. The molecule has 0 aromatic heterocycles. The molecule has 2 aromatic rings. The maximum Gasteiger partial charge on any atom is 0.416 e. The molecule has 0 fully saturated rings. The molecule has 0 saturated carbocycles. The number of alkyl halides is 3. The van der Waals surface area contributed by atoms with Crippen molar-refractivity contribution in [2.75, 3.05) is 18.6 Å².